The quantitative estimate of drug-likeness (QED) is 0.172. The molecule has 7 nitrogen and oxygen atoms in total. The third-order valence-corrected chi connectivity index (χ3v) is 4.50. The molecule has 1 fully saturated rings. The largest absolute Gasteiger partial charge is 0.404 e. The van der Waals surface area contributed by atoms with Gasteiger partial charge in [-0.2, -0.15) is 0 Å². The molecule has 0 atom stereocenters. The number of aliphatic imine (C=N–C) groups is 1. The highest BCUT2D eigenvalue weighted by Crippen LogP contribution is 2.43. The molecule has 0 aliphatic heterocycles. The molecule has 0 unspecified atom stereocenters. The highest BCUT2D eigenvalue weighted by atomic mass is 35.5. The second-order valence-electron chi connectivity index (χ2n) is 6.04. The number of rotatable bonds is 4. The molecular formula is C19H23ClN6O. The van der Waals surface area contributed by atoms with E-state index in [0.717, 1.165) is 24.0 Å². The monoisotopic (exact) mass is 386 g/mol. The Morgan fingerprint density at radius 1 is 1.37 bits per heavy atom. The molecule has 8 heteroatoms. The Bertz CT molecular complexity index is 916. The lowest BCUT2D eigenvalue weighted by Gasteiger charge is -2.11. The summed E-state index contributed by atoms with van der Waals surface area (Å²) in [5, 5.41) is 3.17. The zero-order valence-corrected chi connectivity index (χ0v) is 16.0. The van der Waals surface area contributed by atoms with E-state index in [1.165, 1.54) is 7.05 Å². The number of nitrogens with two attached hydrogens (primary N) is 4. The van der Waals surface area contributed by atoms with Gasteiger partial charge in [-0.15, -0.1) is 0 Å². The van der Waals surface area contributed by atoms with Crippen LogP contribution in [0.15, 0.2) is 34.6 Å². The average molecular weight is 387 g/mol. The van der Waals surface area contributed by atoms with Gasteiger partial charge < -0.3 is 28.3 Å². The van der Waals surface area contributed by atoms with Crippen molar-refractivity contribution in [3.63, 3.8) is 0 Å². The number of nitrogens with one attached hydrogen (secondary N) is 1. The maximum absolute atomic E-state index is 11.7. The minimum absolute atomic E-state index is 0.00954. The normalized spacial score (nSPS) is 15.5. The van der Waals surface area contributed by atoms with E-state index in [-0.39, 0.29) is 17.1 Å². The van der Waals surface area contributed by atoms with Gasteiger partial charge in [0.1, 0.15) is 11.4 Å². The predicted octanol–water partition coefficient (Wildman–Crippen LogP) is 0.929. The van der Waals surface area contributed by atoms with E-state index in [9.17, 15) is 4.79 Å². The van der Waals surface area contributed by atoms with Crippen molar-refractivity contribution in [1.82, 2.24) is 5.32 Å². The Labute approximate surface area is 163 Å². The molecule has 0 spiro atoms. The number of benzene rings is 1. The van der Waals surface area contributed by atoms with Crippen LogP contribution in [0.2, 0.25) is 5.02 Å². The van der Waals surface area contributed by atoms with Gasteiger partial charge in [-0.3, -0.25) is 9.79 Å². The number of amides is 1. The SMILES string of the molecule is CN=C(NC)/C(C(N)=O)=C(\N)C#Cc1cc(N)c(/C(=C\N)C2CC2)cc1Cl. The Kier molecular flexibility index (Phi) is 6.37. The van der Waals surface area contributed by atoms with Crippen LogP contribution in [0.4, 0.5) is 5.69 Å². The highest BCUT2D eigenvalue weighted by molar-refractivity contribution is 6.32. The van der Waals surface area contributed by atoms with Crippen LogP contribution in [0.3, 0.4) is 0 Å². The van der Waals surface area contributed by atoms with Crippen molar-refractivity contribution in [3.05, 3.63) is 45.8 Å². The third-order valence-electron chi connectivity index (χ3n) is 4.19. The maximum Gasteiger partial charge on any atom is 0.255 e. The second-order valence-corrected chi connectivity index (χ2v) is 6.45. The van der Waals surface area contributed by atoms with Gasteiger partial charge in [0.05, 0.1) is 10.7 Å². The van der Waals surface area contributed by atoms with Gasteiger partial charge in [-0.1, -0.05) is 17.5 Å². The molecular weight excluding hydrogens is 364 g/mol. The first-order chi connectivity index (χ1) is 12.8. The van der Waals surface area contributed by atoms with E-state index >= 15 is 0 Å². The minimum atomic E-state index is -0.736. The summed E-state index contributed by atoms with van der Waals surface area (Å²) in [5.41, 5.74) is 26.0. The molecule has 1 aromatic carbocycles. The zero-order chi connectivity index (χ0) is 20.1. The summed E-state index contributed by atoms with van der Waals surface area (Å²) in [7, 11) is 3.11. The number of carbonyl (C=O) groups is 1. The van der Waals surface area contributed by atoms with Gasteiger partial charge in [-0.25, -0.2) is 0 Å². The van der Waals surface area contributed by atoms with Crippen LogP contribution in [0.5, 0.6) is 0 Å². The van der Waals surface area contributed by atoms with Gasteiger partial charge in [0.2, 0.25) is 0 Å². The molecule has 1 amide bonds. The number of nitrogen functional groups attached to an aromatic ring is 1. The fourth-order valence-corrected chi connectivity index (χ4v) is 2.91. The summed E-state index contributed by atoms with van der Waals surface area (Å²) in [6, 6.07) is 3.42. The van der Waals surface area contributed by atoms with Crippen molar-refractivity contribution >= 4 is 34.6 Å². The molecule has 2 rings (SSSR count). The number of hydrogen-bond acceptors (Lipinski definition) is 5. The molecule has 1 aliphatic rings. The first-order valence-electron chi connectivity index (χ1n) is 8.31. The second kappa shape index (κ2) is 8.52. The smallest absolute Gasteiger partial charge is 0.255 e. The number of primary amides is 1. The average Bonchev–Trinajstić information content (AvgIpc) is 3.46. The van der Waals surface area contributed by atoms with E-state index < -0.39 is 5.91 Å². The number of amidine groups is 1. The van der Waals surface area contributed by atoms with E-state index in [2.05, 4.69) is 22.2 Å². The Balaban J connectivity index is 2.45. The standard InChI is InChI=1S/C19H23ClN6O/c1-25-19(26-2)17(18(24)27)15(22)6-5-11-7-16(23)12(8-14(11)20)13(9-21)10-3-4-10/h7-10H,3-4,21-23H2,1-2H3,(H2,24,27)(H,25,26)/b13-9-,17-15-. The molecule has 0 aromatic heterocycles. The molecule has 142 valence electrons. The highest BCUT2D eigenvalue weighted by Gasteiger charge is 2.28. The fraction of sp³-hybridized carbons (Fsp3) is 0.263. The minimum Gasteiger partial charge on any atom is -0.404 e. The summed E-state index contributed by atoms with van der Waals surface area (Å²) in [4.78, 5) is 15.6. The first kappa shape index (κ1) is 20.2. The van der Waals surface area contributed by atoms with E-state index in [1.54, 1.807) is 25.4 Å². The van der Waals surface area contributed by atoms with E-state index in [1.807, 2.05) is 0 Å². The molecule has 9 N–H and O–H groups in total. The summed E-state index contributed by atoms with van der Waals surface area (Å²) >= 11 is 6.36. The Morgan fingerprint density at radius 3 is 2.52 bits per heavy atom. The number of hydrogen-bond donors (Lipinski definition) is 5. The van der Waals surface area contributed by atoms with Gasteiger partial charge >= 0.3 is 0 Å². The third kappa shape index (κ3) is 4.54. The van der Waals surface area contributed by atoms with Gasteiger partial charge in [0.25, 0.3) is 5.91 Å². The molecule has 0 bridgehead atoms. The fourth-order valence-electron chi connectivity index (χ4n) is 2.70. The van der Waals surface area contributed by atoms with Crippen LogP contribution < -0.4 is 28.3 Å². The number of likely N-dealkylation sites (N-methyl/N-ethyl adjacent to an activating group) is 1. The molecule has 1 aliphatic carbocycles. The molecule has 0 heterocycles. The molecule has 0 saturated heterocycles. The van der Waals surface area contributed by atoms with E-state index in [0.29, 0.717) is 22.2 Å². The topological polar surface area (TPSA) is 146 Å². The van der Waals surface area contributed by atoms with E-state index in [4.69, 9.17) is 34.5 Å². The molecule has 1 saturated carbocycles. The summed E-state index contributed by atoms with van der Waals surface area (Å²) in [6.07, 6.45) is 3.76. The predicted molar refractivity (Wildman–Crippen MR) is 110 cm³/mol. The van der Waals surface area contributed by atoms with Crippen molar-refractivity contribution < 1.29 is 4.79 Å². The van der Waals surface area contributed by atoms with Crippen molar-refractivity contribution in [2.24, 2.45) is 28.1 Å². The van der Waals surface area contributed by atoms with Crippen LogP contribution in [0.25, 0.3) is 5.57 Å². The van der Waals surface area contributed by atoms with Crippen molar-refractivity contribution in [2.45, 2.75) is 12.8 Å². The maximum atomic E-state index is 11.7. The summed E-state index contributed by atoms with van der Waals surface area (Å²) in [5.74, 6) is 5.47. The number of halogens is 1. The Morgan fingerprint density at radius 2 is 2.04 bits per heavy atom. The van der Waals surface area contributed by atoms with Crippen molar-refractivity contribution in [1.29, 1.82) is 0 Å². The molecule has 1 aromatic rings. The molecule has 0 radical (unpaired) electrons. The van der Waals surface area contributed by atoms with Crippen LogP contribution in [-0.2, 0) is 4.79 Å². The lowest BCUT2D eigenvalue weighted by Crippen LogP contribution is -2.32. The Hall–Kier alpha value is -3.11. The zero-order valence-electron chi connectivity index (χ0n) is 15.3. The number of allylic oxidation sites excluding steroid dienone is 2. The first-order valence-corrected chi connectivity index (χ1v) is 8.69. The van der Waals surface area contributed by atoms with Crippen molar-refractivity contribution in [2.75, 3.05) is 19.8 Å². The lowest BCUT2D eigenvalue weighted by atomic mass is 9.99. The summed E-state index contributed by atoms with van der Waals surface area (Å²) < 4.78 is 0. The summed E-state index contributed by atoms with van der Waals surface area (Å²) in [6.45, 7) is 0. The van der Waals surface area contributed by atoms with Gasteiger partial charge in [0, 0.05) is 30.9 Å². The lowest BCUT2D eigenvalue weighted by molar-refractivity contribution is -0.114. The van der Waals surface area contributed by atoms with Crippen LogP contribution in [0.1, 0.15) is 24.0 Å². The van der Waals surface area contributed by atoms with Crippen molar-refractivity contribution in [3.8, 4) is 11.8 Å². The van der Waals surface area contributed by atoms with Crippen LogP contribution >= 0.6 is 11.6 Å². The number of nitrogens with zero attached hydrogens (tertiary/aromatic N) is 1. The van der Waals surface area contributed by atoms with Gasteiger partial charge in [0.15, 0.2) is 0 Å². The molecule has 27 heavy (non-hydrogen) atoms. The van der Waals surface area contributed by atoms with Crippen LogP contribution in [-0.4, -0.2) is 25.8 Å². The van der Waals surface area contributed by atoms with Gasteiger partial charge in [-0.05, 0) is 48.6 Å². The van der Waals surface area contributed by atoms with Crippen LogP contribution in [0, 0.1) is 17.8 Å². The number of anilines is 1. The number of carbonyl (C=O) groups excluding carboxylic acids is 1.